The maximum absolute atomic E-state index is 10.8. The van der Waals surface area contributed by atoms with Crippen LogP contribution in [0.5, 0.6) is 0 Å². The van der Waals surface area contributed by atoms with Crippen molar-refractivity contribution < 1.29 is 4.92 Å². The van der Waals surface area contributed by atoms with Crippen molar-refractivity contribution >= 4 is 78.0 Å². The summed E-state index contributed by atoms with van der Waals surface area (Å²) in [6.45, 7) is 0. The summed E-state index contributed by atoms with van der Waals surface area (Å²) in [5.41, 5.74) is 1.62. The predicted octanol–water partition coefficient (Wildman–Crippen LogP) is 4.62. The van der Waals surface area contributed by atoms with Crippen molar-refractivity contribution in [3.05, 3.63) is 56.1 Å². The molecule has 0 saturated carbocycles. The minimum absolute atomic E-state index is 0.0484. The van der Waals surface area contributed by atoms with Gasteiger partial charge in [0.15, 0.2) is 10.2 Å². The summed E-state index contributed by atoms with van der Waals surface area (Å²) in [5, 5.41) is 17.9. The molecule has 0 aliphatic heterocycles. The Bertz CT molecular complexity index is 895. The third-order valence-electron chi connectivity index (χ3n) is 2.91. The Morgan fingerprint density at radius 3 is 2.65 bits per heavy atom. The van der Waals surface area contributed by atoms with Crippen LogP contribution in [0.1, 0.15) is 0 Å². The summed E-state index contributed by atoms with van der Waals surface area (Å²) in [4.78, 5) is 14.7. The molecule has 0 aliphatic rings. The number of rotatable bonds is 3. The number of hydrogen-bond acceptors (Lipinski definition) is 5. The molecule has 2 aromatic carbocycles. The van der Waals surface area contributed by atoms with Crippen LogP contribution in [-0.2, 0) is 0 Å². The van der Waals surface area contributed by atoms with Gasteiger partial charge in [-0.15, -0.1) is 0 Å². The molecule has 3 aromatic rings. The largest absolute Gasteiger partial charge is 0.332 e. The zero-order valence-electron chi connectivity index (χ0n) is 11.4. The number of thiazole rings is 1. The average Bonchev–Trinajstić information content (AvgIpc) is 2.90. The molecule has 0 atom stereocenters. The first-order valence-corrected chi connectivity index (χ1v) is 8.70. The first-order chi connectivity index (χ1) is 11.0. The van der Waals surface area contributed by atoms with Crippen LogP contribution >= 0.6 is 46.1 Å². The summed E-state index contributed by atoms with van der Waals surface area (Å²) >= 11 is 8.80. The van der Waals surface area contributed by atoms with Gasteiger partial charge in [-0.1, -0.05) is 11.3 Å². The minimum Gasteiger partial charge on any atom is -0.332 e. The number of non-ortho nitro benzene ring substituents is 1. The van der Waals surface area contributed by atoms with Gasteiger partial charge in [0, 0.05) is 21.4 Å². The Labute approximate surface area is 154 Å². The summed E-state index contributed by atoms with van der Waals surface area (Å²) in [7, 11) is 0. The van der Waals surface area contributed by atoms with E-state index in [9.17, 15) is 10.1 Å². The molecule has 0 fully saturated rings. The van der Waals surface area contributed by atoms with Crippen molar-refractivity contribution in [1.82, 2.24) is 4.98 Å². The van der Waals surface area contributed by atoms with Crippen molar-refractivity contribution in [2.24, 2.45) is 0 Å². The van der Waals surface area contributed by atoms with Crippen molar-refractivity contribution in [2.45, 2.75) is 0 Å². The highest BCUT2D eigenvalue weighted by Gasteiger charge is 2.11. The van der Waals surface area contributed by atoms with Gasteiger partial charge in [0.25, 0.3) is 5.69 Å². The smallest absolute Gasteiger partial charge is 0.270 e. The standard InChI is InChI=1S/C14H9IN4O2S2/c15-8-1-3-9(4-2-8)16-13(22)18-14-17-11-6-5-10(19(20)21)7-12(11)23-14/h1-7H,(H2,16,17,18,22). The summed E-state index contributed by atoms with van der Waals surface area (Å²) in [6.07, 6.45) is 0. The molecular weight excluding hydrogens is 447 g/mol. The van der Waals surface area contributed by atoms with Crippen LogP contribution < -0.4 is 10.6 Å². The second-order valence-electron chi connectivity index (χ2n) is 4.51. The molecule has 116 valence electrons. The van der Waals surface area contributed by atoms with Gasteiger partial charge in [0.05, 0.1) is 15.1 Å². The quantitative estimate of drug-likeness (QED) is 0.259. The number of nitrogens with one attached hydrogen (secondary N) is 2. The zero-order valence-corrected chi connectivity index (χ0v) is 15.2. The maximum atomic E-state index is 10.8. The molecular formula is C14H9IN4O2S2. The molecule has 2 N–H and O–H groups in total. The van der Waals surface area contributed by atoms with Gasteiger partial charge in [-0.25, -0.2) is 4.98 Å². The fourth-order valence-electron chi connectivity index (χ4n) is 1.87. The van der Waals surface area contributed by atoms with E-state index < -0.39 is 4.92 Å². The maximum Gasteiger partial charge on any atom is 0.270 e. The van der Waals surface area contributed by atoms with E-state index in [1.807, 2.05) is 24.3 Å². The highest BCUT2D eigenvalue weighted by molar-refractivity contribution is 14.1. The molecule has 0 saturated heterocycles. The van der Waals surface area contributed by atoms with Gasteiger partial charge in [-0.3, -0.25) is 10.1 Å². The van der Waals surface area contributed by atoms with Gasteiger partial charge in [-0.2, -0.15) is 0 Å². The van der Waals surface area contributed by atoms with E-state index in [0.29, 0.717) is 15.8 Å². The molecule has 0 unspecified atom stereocenters. The van der Waals surface area contributed by atoms with E-state index in [4.69, 9.17) is 12.2 Å². The van der Waals surface area contributed by atoms with E-state index >= 15 is 0 Å². The van der Waals surface area contributed by atoms with Crippen LogP contribution in [0.2, 0.25) is 0 Å². The van der Waals surface area contributed by atoms with E-state index in [1.54, 1.807) is 6.07 Å². The molecule has 6 nitrogen and oxygen atoms in total. The first kappa shape index (κ1) is 16.0. The number of thiocarbonyl (C=S) groups is 1. The van der Waals surface area contributed by atoms with Crippen molar-refractivity contribution in [3.8, 4) is 0 Å². The number of nitro benzene ring substituents is 1. The van der Waals surface area contributed by atoms with E-state index in [0.717, 1.165) is 14.0 Å². The van der Waals surface area contributed by atoms with Crippen LogP contribution in [0.25, 0.3) is 10.2 Å². The number of aromatic nitrogens is 1. The SMILES string of the molecule is O=[N+]([O-])c1ccc2nc(NC(=S)Nc3ccc(I)cc3)sc2c1. The van der Waals surface area contributed by atoms with Crippen LogP contribution in [0, 0.1) is 13.7 Å². The Kier molecular flexibility index (Phi) is 4.68. The molecule has 3 rings (SSSR count). The predicted molar refractivity (Wildman–Crippen MR) is 105 cm³/mol. The van der Waals surface area contributed by atoms with E-state index in [2.05, 4.69) is 38.2 Å². The number of nitrogens with zero attached hydrogens (tertiary/aromatic N) is 2. The fraction of sp³-hybridized carbons (Fsp3) is 0. The summed E-state index contributed by atoms with van der Waals surface area (Å²) in [5.74, 6) is 0. The lowest BCUT2D eigenvalue weighted by atomic mass is 10.3. The Morgan fingerprint density at radius 1 is 1.22 bits per heavy atom. The molecule has 23 heavy (non-hydrogen) atoms. The second-order valence-corrected chi connectivity index (χ2v) is 7.20. The molecule has 0 spiro atoms. The van der Waals surface area contributed by atoms with Crippen molar-refractivity contribution in [1.29, 1.82) is 0 Å². The normalized spacial score (nSPS) is 10.5. The Morgan fingerprint density at radius 2 is 1.96 bits per heavy atom. The van der Waals surface area contributed by atoms with E-state index in [1.165, 1.54) is 23.5 Å². The highest BCUT2D eigenvalue weighted by Crippen LogP contribution is 2.29. The number of hydrogen-bond donors (Lipinski definition) is 2. The second kappa shape index (κ2) is 6.72. The lowest BCUT2D eigenvalue weighted by Crippen LogP contribution is -2.18. The third kappa shape index (κ3) is 3.92. The molecule has 0 aliphatic carbocycles. The molecule has 0 bridgehead atoms. The molecule has 1 heterocycles. The van der Waals surface area contributed by atoms with Gasteiger partial charge in [-0.05, 0) is 65.1 Å². The van der Waals surface area contributed by atoms with Crippen LogP contribution in [0.4, 0.5) is 16.5 Å². The van der Waals surface area contributed by atoms with Crippen LogP contribution in [0.15, 0.2) is 42.5 Å². The minimum atomic E-state index is -0.421. The number of nitro groups is 1. The summed E-state index contributed by atoms with van der Waals surface area (Å²) in [6, 6.07) is 12.4. The zero-order chi connectivity index (χ0) is 16.4. The molecule has 1 aromatic heterocycles. The molecule has 0 amide bonds. The fourth-order valence-corrected chi connectivity index (χ4v) is 3.42. The number of halogens is 1. The third-order valence-corrected chi connectivity index (χ3v) is 4.76. The first-order valence-electron chi connectivity index (χ1n) is 6.40. The van der Waals surface area contributed by atoms with Gasteiger partial charge < -0.3 is 10.6 Å². The van der Waals surface area contributed by atoms with Crippen LogP contribution in [-0.4, -0.2) is 15.0 Å². The van der Waals surface area contributed by atoms with Gasteiger partial charge in [0.2, 0.25) is 0 Å². The van der Waals surface area contributed by atoms with E-state index in [-0.39, 0.29) is 5.69 Å². The van der Waals surface area contributed by atoms with Crippen molar-refractivity contribution in [3.63, 3.8) is 0 Å². The van der Waals surface area contributed by atoms with Crippen LogP contribution in [0.3, 0.4) is 0 Å². The average molecular weight is 456 g/mol. The topological polar surface area (TPSA) is 80.1 Å². The lowest BCUT2D eigenvalue weighted by molar-refractivity contribution is -0.384. The molecule has 0 radical (unpaired) electrons. The Balaban J connectivity index is 1.74. The van der Waals surface area contributed by atoms with Gasteiger partial charge >= 0.3 is 0 Å². The number of benzene rings is 2. The van der Waals surface area contributed by atoms with Gasteiger partial charge in [0.1, 0.15) is 0 Å². The number of anilines is 2. The monoisotopic (exact) mass is 456 g/mol. The lowest BCUT2D eigenvalue weighted by Gasteiger charge is -2.08. The highest BCUT2D eigenvalue weighted by atomic mass is 127. The number of fused-ring (bicyclic) bond motifs is 1. The Hall–Kier alpha value is -1.85. The molecule has 9 heteroatoms. The van der Waals surface area contributed by atoms with Crippen molar-refractivity contribution in [2.75, 3.05) is 10.6 Å². The summed E-state index contributed by atoms with van der Waals surface area (Å²) < 4.78 is 1.87.